The van der Waals surface area contributed by atoms with Gasteiger partial charge in [0.05, 0.1) is 6.54 Å². The van der Waals surface area contributed by atoms with E-state index in [-0.39, 0.29) is 11.8 Å². The molecule has 1 aliphatic rings. The second-order valence-corrected chi connectivity index (χ2v) is 9.39. The van der Waals surface area contributed by atoms with Crippen molar-refractivity contribution >= 4 is 28.6 Å². The van der Waals surface area contributed by atoms with Crippen molar-refractivity contribution in [2.45, 2.75) is 25.8 Å². The van der Waals surface area contributed by atoms with E-state index in [4.69, 9.17) is 16.0 Å². The Labute approximate surface area is 205 Å². The average Bonchev–Trinajstić information content (AvgIpc) is 3.25. The molecule has 5 rings (SSSR count). The molecule has 2 heterocycles. The van der Waals surface area contributed by atoms with Crippen molar-refractivity contribution in [3.63, 3.8) is 0 Å². The van der Waals surface area contributed by atoms with Crippen LogP contribution in [0.5, 0.6) is 0 Å². The molecule has 0 saturated carbocycles. The average molecular weight is 474 g/mol. The summed E-state index contributed by atoms with van der Waals surface area (Å²) in [6.07, 6.45) is 0.441. The van der Waals surface area contributed by atoms with Crippen LogP contribution in [0.2, 0.25) is 5.02 Å². The number of carbonyl (C=O) groups is 1. The number of halogens is 1. The fourth-order valence-corrected chi connectivity index (χ4v) is 4.73. The molecular formula is C28H28ClN3O2. The van der Waals surface area contributed by atoms with Crippen LogP contribution in [0.15, 0.2) is 77.2 Å². The van der Waals surface area contributed by atoms with Gasteiger partial charge in [-0.15, -0.1) is 0 Å². The molecule has 1 aromatic heterocycles. The first-order valence-corrected chi connectivity index (χ1v) is 12.1. The molecular weight excluding hydrogens is 446 g/mol. The number of benzene rings is 3. The molecule has 1 aliphatic heterocycles. The standard InChI is InChI=1S/C28H28ClN3O2/c1-20-7-12-25-26(17-20)34-27(30-25)19-31-13-15-32(16-14-31)28(33)18-24(21-5-3-2-4-6-21)22-8-10-23(29)11-9-22/h2-12,17,24H,13-16,18-19H2,1H3. The highest BCUT2D eigenvalue weighted by Gasteiger charge is 2.26. The zero-order valence-corrected chi connectivity index (χ0v) is 20.0. The summed E-state index contributed by atoms with van der Waals surface area (Å²) in [5.74, 6) is 0.917. The van der Waals surface area contributed by atoms with E-state index in [1.54, 1.807) is 0 Å². The molecule has 34 heavy (non-hydrogen) atoms. The van der Waals surface area contributed by atoms with Crippen LogP contribution in [-0.4, -0.2) is 46.9 Å². The SMILES string of the molecule is Cc1ccc2nc(CN3CCN(C(=O)CC(c4ccccc4)c4ccc(Cl)cc4)CC3)oc2c1. The van der Waals surface area contributed by atoms with Crippen LogP contribution in [-0.2, 0) is 11.3 Å². The van der Waals surface area contributed by atoms with Gasteiger partial charge in [0.2, 0.25) is 11.8 Å². The van der Waals surface area contributed by atoms with Gasteiger partial charge in [-0.2, -0.15) is 0 Å². The molecule has 1 saturated heterocycles. The van der Waals surface area contributed by atoms with Crippen LogP contribution < -0.4 is 0 Å². The van der Waals surface area contributed by atoms with Crippen molar-refractivity contribution in [1.29, 1.82) is 0 Å². The lowest BCUT2D eigenvalue weighted by Gasteiger charge is -2.35. The molecule has 4 aromatic rings. The molecule has 1 atom stereocenters. The summed E-state index contributed by atoms with van der Waals surface area (Å²) >= 11 is 6.10. The third-order valence-corrected chi connectivity index (χ3v) is 6.78. The van der Waals surface area contributed by atoms with Gasteiger partial charge in [-0.3, -0.25) is 9.69 Å². The minimum absolute atomic E-state index is 0.00667. The molecule has 1 fully saturated rings. The topological polar surface area (TPSA) is 49.6 Å². The number of aromatic nitrogens is 1. The van der Waals surface area contributed by atoms with Gasteiger partial charge < -0.3 is 9.32 Å². The molecule has 6 heteroatoms. The van der Waals surface area contributed by atoms with Crippen LogP contribution in [0.1, 0.15) is 34.9 Å². The molecule has 1 amide bonds. The highest BCUT2D eigenvalue weighted by atomic mass is 35.5. The Hall–Kier alpha value is -3.15. The number of hydrogen-bond acceptors (Lipinski definition) is 4. The Balaban J connectivity index is 1.22. The van der Waals surface area contributed by atoms with E-state index >= 15 is 0 Å². The molecule has 0 spiro atoms. The highest BCUT2D eigenvalue weighted by Crippen LogP contribution is 2.30. The number of aryl methyl sites for hydroxylation is 1. The number of rotatable bonds is 6. The van der Waals surface area contributed by atoms with Gasteiger partial charge in [-0.1, -0.05) is 60.1 Å². The first-order chi connectivity index (χ1) is 16.5. The van der Waals surface area contributed by atoms with Crippen LogP contribution in [0.4, 0.5) is 0 Å². The molecule has 3 aromatic carbocycles. The minimum Gasteiger partial charge on any atom is -0.439 e. The van der Waals surface area contributed by atoms with Gasteiger partial charge in [0.15, 0.2) is 5.58 Å². The van der Waals surface area contributed by atoms with E-state index in [0.29, 0.717) is 31.1 Å². The molecule has 0 radical (unpaired) electrons. The molecule has 0 N–H and O–H groups in total. The summed E-state index contributed by atoms with van der Waals surface area (Å²) in [5, 5.41) is 0.701. The summed E-state index contributed by atoms with van der Waals surface area (Å²) in [4.78, 5) is 22.2. The smallest absolute Gasteiger partial charge is 0.223 e. The fourth-order valence-electron chi connectivity index (χ4n) is 4.61. The van der Waals surface area contributed by atoms with Gasteiger partial charge in [-0.25, -0.2) is 4.98 Å². The Morgan fingerprint density at radius 2 is 1.68 bits per heavy atom. The number of hydrogen-bond donors (Lipinski definition) is 0. The van der Waals surface area contributed by atoms with Crippen molar-refractivity contribution in [2.75, 3.05) is 26.2 Å². The van der Waals surface area contributed by atoms with Gasteiger partial charge in [0.25, 0.3) is 0 Å². The molecule has 0 bridgehead atoms. The third kappa shape index (κ3) is 5.16. The zero-order valence-electron chi connectivity index (χ0n) is 19.3. The Kier molecular flexibility index (Phi) is 6.66. The zero-order chi connectivity index (χ0) is 23.5. The lowest BCUT2D eigenvalue weighted by atomic mass is 9.88. The van der Waals surface area contributed by atoms with Crippen molar-refractivity contribution in [1.82, 2.24) is 14.8 Å². The highest BCUT2D eigenvalue weighted by molar-refractivity contribution is 6.30. The van der Waals surface area contributed by atoms with E-state index in [1.165, 1.54) is 0 Å². The van der Waals surface area contributed by atoms with Gasteiger partial charge in [-0.05, 0) is 47.9 Å². The lowest BCUT2D eigenvalue weighted by molar-refractivity contribution is -0.133. The van der Waals surface area contributed by atoms with E-state index in [0.717, 1.165) is 46.8 Å². The molecule has 1 unspecified atom stereocenters. The molecule has 5 nitrogen and oxygen atoms in total. The predicted octanol–water partition coefficient (Wildman–Crippen LogP) is 5.66. The Morgan fingerprint density at radius 3 is 2.41 bits per heavy atom. The summed E-state index contributed by atoms with van der Waals surface area (Å²) in [6.45, 7) is 5.74. The number of fused-ring (bicyclic) bond motifs is 1. The lowest BCUT2D eigenvalue weighted by Crippen LogP contribution is -2.48. The monoisotopic (exact) mass is 473 g/mol. The van der Waals surface area contributed by atoms with Gasteiger partial charge >= 0.3 is 0 Å². The molecule has 0 aliphatic carbocycles. The maximum absolute atomic E-state index is 13.3. The Morgan fingerprint density at radius 1 is 0.971 bits per heavy atom. The second-order valence-electron chi connectivity index (χ2n) is 8.95. The van der Waals surface area contributed by atoms with Crippen molar-refractivity contribution < 1.29 is 9.21 Å². The fraction of sp³-hybridized carbons (Fsp3) is 0.286. The maximum atomic E-state index is 13.3. The van der Waals surface area contributed by atoms with E-state index < -0.39 is 0 Å². The van der Waals surface area contributed by atoms with E-state index in [1.807, 2.05) is 72.5 Å². The first-order valence-electron chi connectivity index (χ1n) is 11.7. The van der Waals surface area contributed by atoms with Crippen LogP contribution in [0, 0.1) is 6.92 Å². The van der Waals surface area contributed by atoms with E-state index in [9.17, 15) is 4.79 Å². The predicted molar refractivity (Wildman–Crippen MR) is 135 cm³/mol. The largest absolute Gasteiger partial charge is 0.439 e. The quantitative estimate of drug-likeness (QED) is 0.363. The van der Waals surface area contributed by atoms with Gasteiger partial charge in [0.1, 0.15) is 5.52 Å². The first kappa shape index (κ1) is 22.6. The van der Waals surface area contributed by atoms with Gasteiger partial charge in [0, 0.05) is 43.5 Å². The van der Waals surface area contributed by atoms with Crippen LogP contribution >= 0.6 is 11.6 Å². The van der Waals surface area contributed by atoms with Crippen LogP contribution in [0.3, 0.4) is 0 Å². The number of piperazine rings is 1. The van der Waals surface area contributed by atoms with Crippen molar-refractivity contribution in [3.8, 4) is 0 Å². The summed E-state index contributed by atoms with van der Waals surface area (Å²) < 4.78 is 5.94. The Bertz CT molecular complexity index is 1260. The summed E-state index contributed by atoms with van der Waals surface area (Å²) in [6, 6.07) is 24.1. The summed E-state index contributed by atoms with van der Waals surface area (Å²) in [5.41, 5.74) is 5.13. The number of amides is 1. The van der Waals surface area contributed by atoms with E-state index in [2.05, 4.69) is 22.0 Å². The molecule has 174 valence electrons. The number of oxazole rings is 1. The third-order valence-electron chi connectivity index (χ3n) is 6.53. The van der Waals surface area contributed by atoms with Crippen molar-refractivity contribution in [2.24, 2.45) is 0 Å². The minimum atomic E-state index is 0.00667. The summed E-state index contributed by atoms with van der Waals surface area (Å²) in [7, 11) is 0. The normalized spacial score (nSPS) is 15.5. The van der Waals surface area contributed by atoms with Crippen molar-refractivity contribution in [3.05, 3.63) is 100 Å². The maximum Gasteiger partial charge on any atom is 0.223 e. The number of carbonyl (C=O) groups excluding carboxylic acids is 1. The number of nitrogens with zero attached hydrogens (tertiary/aromatic N) is 3. The second kappa shape index (κ2) is 10.00. The van der Waals surface area contributed by atoms with Crippen LogP contribution in [0.25, 0.3) is 11.1 Å².